The van der Waals surface area contributed by atoms with E-state index in [4.69, 9.17) is 5.11 Å². The van der Waals surface area contributed by atoms with Crippen molar-refractivity contribution in [2.75, 3.05) is 32.6 Å². The zero-order valence-corrected chi connectivity index (χ0v) is 12.0. The van der Waals surface area contributed by atoms with E-state index in [1.54, 1.807) is 26.2 Å². The SMILES string of the molecule is CN(C)C(=O)c1ccc(NCC(C)(C)CCO)nn1. The predicted molar refractivity (Wildman–Crippen MR) is 74.0 cm³/mol. The second kappa shape index (κ2) is 6.47. The fourth-order valence-electron chi connectivity index (χ4n) is 1.49. The lowest BCUT2D eigenvalue weighted by Gasteiger charge is -2.23. The third-order valence-electron chi connectivity index (χ3n) is 2.83. The highest BCUT2D eigenvalue weighted by Gasteiger charge is 2.17. The molecule has 0 radical (unpaired) electrons. The van der Waals surface area contributed by atoms with Crippen LogP contribution in [0, 0.1) is 5.41 Å². The molecular formula is C13H22N4O2. The Morgan fingerprint density at radius 3 is 2.53 bits per heavy atom. The van der Waals surface area contributed by atoms with E-state index in [1.165, 1.54) is 4.90 Å². The van der Waals surface area contributed by atoms with E-state index >= 15 is 0 Å². The van der Waals surface area contributed by atoms with Gasteiger partial charge in [-0.1, -0.05) is 13.8 Å². The molecule has 0 spiro atoms. The van der Waals surface area contributed by atoms with Gasteiger partial charge in [-0.2, -0.15) is 0 Å². The lowest BCUT2D eigenvalue weighted by atomic mass is 9.90. The molecule has 1 aromatic rings. The highest BCUT2D eigenvalue weighted by atomic mass is 16.3. The van der Waals surface area contributed by atoms with Crippen LogP contribution in [0.1, 0.15) is 30.8 Å². The van der Waals surface area contributed by atoms with Crippen molar-refractivity contribution in [3.63, 3.8) is 0 Å². The Balaban J connectivity index is 2.60. The zero-order chi connectivity index (χ0) is 14.5. The maximum absolute atomic E-state index is 11.6. The molecule has 1 aromatic heterocycles. The number of aliphatic hydroxyl groups is 1. The van der Waals surface area contributed by atoms with Crippen LogP contribution in [0.3, 0.4) is 0 Å². The molecular weight excluding hydrogens is 244 g/mol. The maximum atomic E-state index is 11.6. The minimum Gasteiger partial charge on any atom is -0.396 e. The normalized spacial score (nSPS) is 11.2. The number of carbonyl (C=O) groups is 1. The summed E-state index contributed by atoms with van der Waals surface area (Å²) in [5, 5.41) is 20.0. The molecule has 0 atom stereocenters. The molecule has 0 saturated carbocycles. The van der Waals surface area contributed by atoms with E-state index in [-0.39, 0.29) is 17.9 Å². The largest absolute Gasteiger partial charge is 0.396 e. The van der Waals surface area contributed by atoms with E-state index in [9.17, 15) is 4.79 Å². The molecule has 19 heavy (non-hydrogen) atoms. The lowest BCUT2D eigenvalue weighted by molar-refractivity contribution is 0.0821. The minimum atomic E-state index is -0.167. The van der Waals surface area contributed by atoms with Crippen LogP contribution < -0.4 is 5.32 Å². The van der Waals surface area contributed by atoms with E-state index in [0.29, 0.717) is 24.5 Å². The number of anilines is 1. The number of amides is 1. The van der Waals surface area contributed by atoms with Gasteiger partial charge in [0, 0.05) is 27.2 Å². The van der Waals surface area contributed by atoms with Crippen molar-refractivity contribution in [2.24, 2.45) is 5.41 Å². The van der Waals surface area contributed by atoms with Crippen LogP contribution in [0.25, 0.3) is 0 Å². The molecule has 6 heteroatoms. The maximum Gasteiger partial charge on any atom is 0.273 e. The van der Waals surface area contributed by atoms with Crippen LogP contribution in [0.5, 0.6) is 0 Å². The molecule has 0 unspecified atom stereocenters. The predicted octanol–water partition coefficient (Wildman–Crippen LogP) is 0.999. The number of hydrogen-bond donors (Lipinski definition) is 2. The zero-order valence-electron chi connectivity index (χ0n) is 12.0. The summed E-state index contributed by atoms with van der Waals surface area (Å²) in [6.07, 6.45) is 0.713. The van der Waals surface area contributed by atoms with Crippen LogP contribution >= 0.6 is 0 Å². The summed E-state index contributed by atoms with van der Waals surface area (Å²) in [5.41, 5.74) is 0.305. The number of hydrogen-bond acceptors (Lipinski definition) is 5. The smallest absolute Gasteiger partial charge is 0.273 e. The van der Waals surface area contributed by atoms with Gasteiger partial charge in [0.05, 0.1) is 0 Å². The average Bonchev–Trinajstić information content (AvgIpc) is 2.36. The molecule has 106 valence electrons. The van der Waals surface area contributed by atoms with Gasteiger partial charge in [-0.15, -0.1) is 10.2 Å². The van der Waals surface area contributed by atoms with Crippen molar-refractivity contribution in [3.8, 4) is 0 Å². The fraction of sp³-hybridized carbons (Fsp3) is 0.615. The van der Waals surface area contributed by atoms with Crippen molar-refractivity contribution in [1.82, 2.24) is 15.1 Å². The number of aliphatic hydroxyl groups excluding tert-OH is 1. The first kappa shape index (κ1) is 15.4. The van der Waals surface area contributed by atoms with Gasteiger partial charge in [0.15, 0.2) is 5.69 Å². The van der Waals surface area contributed by atoms with Crippen molar-refractivity contribution in [1.29, 1.82) is 0 Å². The molecule has 0 saturated heterocycles. The highest BCUT2D eigenvalue weighted by Crippen LogP contribution is 2.19. The fourth-order valence-corrected chi connectivity index (χ4v) is 1.49. The quantitative estimate of drug-likeness (QED) is 0.803. The Bertz CT molecular complexity index is 415. The van der Waals surface area contributed by atoms with Crippen LogP contribution in [0.15, 0.2) is 12.1 Å². The Hall–Kier alpha value is -1.69. The number of carbonyl (C=O) groups excluding carboxylic acids is 1. The standard InChI is InChI=1S/C13H22N4O2/c1-13(2,7-8-18)9-14-11-6-5-10(15-16-11)12(19)17(3)4/h5-6,18H,7-9H2,1-4H3,(H,14,16). The van der Waals surface area contributed by atoms with Gasteiger partial charge >= 0.3 is 0 Å². The van der Waals surface area contributed by atoms with Crippen molar-refractivity contribution >= 4 is 11.7 Å². The second-order valence-corrected chi connectivity index (χ2v) is 5.49. The molecule has 1 heterocycles. The number of nitrogens with one attached hydrogen (secondary N) is 1. The van der Waals surface area contributed by atoms with Crippen molar-refractivity contribution < 1.29 is 9.90 Å². The molecule has 0 aliphatic carbocycles. The third-order valence-corrected chi connectivity index (χ3v) is 2.83. The summed E-state index contributed by atoms with van der Waals surface area (Å²) in [5.74, 6) is 0.459. The lowest BCUT2D eigenvalue weighted by Crippen LogP contribution is -2.25. The molecule has 0 aliphatic heterocycles. The molecule has 6 nitrogen and oxygen atoms in total. The van der Waals surface area contributed by atoms with Gasteiger partial charge < -0.3 is 15.3 Å². The molecule has 1 amide bonds. The summed E-state index contributed by atoms with van der Waals surface area (Å²) in [6, 6.07) is 3.38. The molecule has 0 fully saturated rings. The number of aromatic nitrogens is 2. The summed E-state index contributed by atoms with van der Waals surface area (Å²) in [4.78, 5) is 13.1. The van der Waals surface area contributed by atoms with Gasteiger partial charge in [0.25, 0.3) is 5.91 Å². The van der Waals surface area contributed by atoms with E-state index < -0.39 is 0 Å². The van der Waals surface area contributed by atoms with Crippen LogP contribution in [0.2, 0.25) is 0 Å². The minimum absolute atomic E-state index is 0.0193. The van der Waals surface area contributed by atoms with Gasteiger partial charge in [-0.3, -0.25) is 4.79 Å². The van der Waals surface area contributed by atoms with Gasteiger partial charge in [0.1, 0.15) is 5.82 Å². The number of rotatable bonds is 6. The van der Waals surface area contributed by atoms with Crippen LogP contribution in [-0.4, -0.2) is 53.4 Å². The van der Waals surface area contributed by atoms with Crippen LogP contribution in [0.4, 0.5) is 5.82 Å². The van der Waals surface area contributed by atoms with E-state index in [2.05, 4.69) is 29.4 Å². The monoisotopic (exact) mass is 266 g/mol. The first-order chi connectivity index (χ1) is 8.85. The summed E-state index contributed by atoms with van der Waals surface area (Å²) in [6.45, 7) is 4.97. The first-order valence-electron chi connectivity index (χ1n) is 6.26. The second-order valence-electron chi connectivity index (χ2n) is 5.49. The third kappa shape index (κ3) is 4.82. The number of nitrogens with zero attached hydrogens (tertiary/aromatic N) is 3. The van der Waals surface area contributed by atoms with Gasteiger partial charge in [0.2, 0.25) is 0 Å². The van der Waals surface area contributed by atoms with E-state index in [0.717, 1.165) is 0 Å². The summed E-state index contributed by atoms with van der Waals surface area (Å²) < 4.78 is 0. The molecule has 0 aliphatic rings. The Morgan fingerprint density at radius 2 is 2.05 bits per heavy atom. The Morgan fingerprint density at radius 1 is 1.37 bits per heavy atom. The molecule has 0 bridgehead atoms. The van der Waals surface area contributed by atoms with Crippen LogP contribution in [-0.2, 0) is 0 Å². The van der Waals surface area contributed by atoms with Crippen molar-refractivity contribution in [2.45, 2.75) is 20.3 Å². The Labute approximate surface area is 113 Å². The summed E-state index contributed by atoms with van der Waals surface area (Å²) >= 11 is 0. The molecule has 0 aromatic carbocycles. The Kier molecular flexibility index (Phi) is 5.23. The molecule has 1 rings (SSSR count). The van der Waals surface area contributed by atoms with E-state index in [1.807, 2.05) is 0 Å². The first-order valence-corrected chi connectivity index (χ1v) is 6.26. The topological polar surface area (TPSA) is 78.4 Å². The highest BCUT2D eigenvalue weighted by molar-refractivity contribution is 5.91. The van der Waals surface area contributed by atoms with Gasteiger partial charge in [-0.05, 0) is 24.0 Å². The summed E-state index contributed by atoms with van der Waals surface area (Å²) in [7, 11) is 3.35. The van der Waals surface area contributed by atoms with Crippen molar-refractivity contribution in [3.05, 3.63) is 17.8 Å². The van der Waals surface area contributed by atoms with Gasteiger partial charge in [-0.25, -0.2) is 0 Å². The average molecular weight is 266 g/mol. The molecule has 2 N–H and O–H groups in total.